The van der Waals surface area contributed by atoms with Crippen LogP contribution in [0.2, 0.25) is 0 Å². The lowest BCUT2D eigenvalue weighted by atomic mass is 10.1. The number of carbonyl (C=O) groups is 1. The van der Waals surface area contributed by atoms with Gasteiger partial charge in [-0.25, -0.2) is 4.79 Å². The molecule has 1 aromatic carbocycles. The van der Waals surface area contributed by atoms with Crippen LogP contribution < -0.4 is 0 Å². The Morgan fingerprint density at radius 2 is 1.58 bits per heavy atom. The average Bonchev–Trinajstić information content (AvgIpc) is 2.61. The fourth-order valence-corrected chi connectivity index (χ4v) is 3.51. The van der Waals surface area contributed by atoms with Crippen molar-refractivity contribution in [2.75, 3.05) is 12.9 Å². The number of carbonyl (C=O) groups excluding carboxylic acids is 1. The molecule has 0 saturated carbocycles. The molecule has 0 heterocycles. The van der Waals surface area contributed by atoms with Crippen LogP contribution >= 0.6 is 11.8 Å². The van der Waals surface area contributed by atoms with Crippen molar-refractivity contribution in [2.45, 2.75) is 58.3 Å². The van der Waals surface area contributed by atoms with Crippen LogP contribution in [0.5, 0.6) is 0 Å². The third-order valence-electron chi connectivity index (χ3n) is 4.09. The third-order valence-corrected chi connectivity index (χ3v) is 5.09. The van der Waals surface area contributed by atoms with Gasteiger partial charge in [-0.3, -0.25) is 0 Å². The predicted molar refractivity (Wildman–Crippen MR) is 114 cm³/mol. The first-order valence-corrected chi connectivity index (χ1v) is 10.2. The SMILES string of the molecule is COC(=O)c1ccccc1SC/C=C(\C)CC/C=C(\C)CCC=C(C)C. The van der Waals surface area contributed by atoms with E-state index in [1.54, 1.807) is 11.8 Å². The van der Waals surface area contributed by atoms with Crippen LogP contribution in [0.4, 0.5) is 0 Å². The molecule has 0 aliphatic heterocycles. The first-order valence-electron chi connectivity index (χ1n) is 9.18. The van der Waals surface area contributed by atoms with Crippen molar-refractivity contribution in [1.82, 2.24) is 0 Å². The summed E-state index contributed by atoms with van der Waals surface area (Å²) in [4.78, 5) is 12.8. The summed E-state index contributed by atoms with van der Waals surface area (Å²) < 4.78 is 4.84. The maximum absolute atomic E-state index is 11.8. The van der Waals surface area contributed by atoms with Gasteiger partial charge in [0, 0.05) is 10.6 Å². The first kappa shape index (κ1) is 22.3. The molecule has 0 radical (unpaired) electrons. The van der Waals surface area contributed by atoms with Gasteiger partial charge in [-0.1, -0.05) is 47.1 Å². The molecule has 0 aliphatic rings. The van der Waals surface area contributed by atoms with E-state index in [2.05, 4.69) is 45.9 Å². The molecule has 142 valence electrons. The summed E-state index contributed by atoms with van der Waals surface area (Å²) in [5.41, 5.74) is 4.89. The molecule has 0 atom stereocenters. The van der Waals surface area contributed by atoms with Gasteiger partial charge >= 0.3 is 5.97 Å². The van der Waals surface area contributed by atoms with E-state index in [4.69, 9.17) is 4.74 Å². The molecule has 0 fully saturated rings. The molecule has 1 rings (SSSR count). The molecular weight excluding hydrogens is 340 g/mol. The maximum Gasteiger partial charge on any atom is 0.338 e. The van der Waals surface area contributed by atoms with Crippen molar-refractivity contribution >= 4 is 17.7 Å². The van der Waals surface area contributed by atoms with E-state index in [1.807, 2.05) is 24.3 Å². The van der Waals surface area contributed by atoms with Crippen LogP contribution in [0.25, 0.3) is 0 Å². The van der Waals surface area contributed by atoms with E-state index in [0.717, 1.165) is 36.3 Å². The minimum absolute atomic E-state index is 0.275. The average molecular weight is 373 g/mol. The zero-order valence-corrected chi connectivity index (χ0v) is 17.6. The molecule has 0 aromatic heterocycles. The Kier molecular flexibility index (Phi) is 10.8. The number of thioether (sulfide) groups is 1. The molecule has 2 nitrogen and oxygen atoms in total. The molecule has 0 unspecified atom stereocenters. The minimum atomic E-state index is -0.275. The monoisotopic (exact) mass is 372 g/mol. The summed E-state index contributed by atoms with van der Waals surface area (Å²) in [5.74, 6) is 0.589. The fraction of sp³-hybridized carbons (Fsp3) is 0.435. The van der Waals surface area contributed by atoms with E-state index >= 15 is 0 Å². The Morgan fingerprint density at radius 3 is 2.23 bits per heavy atom. The maximum atomic E-state index is 11.8. The fourth-order valence-electron chi connectivity index (χ4n) is 2.48. The molecular formula is C23H32O2S. The number of hydrogen-bond acceptors (Lipinski definition) is 3. The van der Waals surface area contributed by atoms with Crippen molar-refractivity contribution in [3.63, 3.8) is 0 Å². The molecule has 1 aromatic rings. The van der Waals surface area contributed by atoms with Gasteiger partial charge in [-0.15, -0.1) is 11.8 Å². The van der Waals surface area contributed by atoms with E-state index in [0.29, 0.717) is 5.56 Å². The Balaban J connectivity index is 2.43. The van der Waals surface area contributed by atoms with Gasteiger partial charge in [0.2, 0.25) is 0 Å². The lowest BCUT2D eigenvalue weighted by Gasteiger charge is -2.06. The normalized spacial score (nSPS) is 12.0. The molecule has 26 heavy (non-hydrogen) atoms. The molecule has 0 amide bonds. The number of esters is 1. The van der Waals surface area contributed by atoms with Crippen LogP contribution in [0, 0.1) is 0 Å². The topological polar surface area (TPSA) is 26.3 Å². The summed E-state index contributed by atoms with van der Waals surface area (Å²) in [6, 6.07) is 7.60. The van der Waals surface area contributed by atoms with Gasteiger partial charge < -0.3 is 4.74 Å². The summed E-state index contributed by atoms with van der Waals surface area (Å²) in [7, 11) is 1.42. The second-order valence-electron chi connectivity index (χ2n) is 6.76. The number of hydrogen-bond donors (Lipinski definition) is 0. The van der Waals surface area contributed by atoms with Crippen molar-refractivity contribution in [3.8, 4) is 0 Å². The van der Waals surface area contributed by atoms with E-state index in [9.17, 15) is 4.79 Å². The largest absolute Gasteiger partial charge is 0.465 e. The Morgan fingerprint density at radius 1 is 0.962 bits per heavy atom. The lowest BCUT2D eigenvalue weighted by Crippen LogP contribution is -2.02. The Bertz CT molecular complexity index is 665. The summed E-state index contributed by atoms with van der Waals surface area (Å²) in [6.07, 6.45) is 11.4. The summed E-state index contributed by atoms with van der Waals surface area (Å²) >= 11 is 1.67. The summed E-state index contributed by atoms with van der Waals surface area (Å²) in [5, 5.41) is 0. The highest BCUT2D eigenvalue weighted by molar-refractivity contribution is 7.99. The molecule has 0 aliphatic carbocycles. The highest BCUT2D eigenvalue weighted by Crippen LogP contribution is 2.24. The van der Waals surface area contributed by atoms with Gasteiger partial charge in [0.25, 0.3) is 0 Å². The summed E-state index contributed by atoms with van der Waals surface area (Å²) in [6.45, 7) is 8.69. The number of benzene rings is 1. The third kappa shape index (κ3) is 9.10. The second-order valence-corrected chi connectivity index (χ2v) is 7.82. The standard InChI is InChI=1S/C23H32O2S/c1-18(2)10-8-11-19(3)12-9-13-20(4)16-17-26-22-15-7-6-14-21(22)23(24)25-5/h6-7,10,12,14-16H,8-9,11,13,17H2,1-5H3/b19-12+,20-16+. The number of allylic oxidation sites excluding steroid dienone is 5. The molecule has 0 bridgehead atoms. The molecule has 0 spiro atoms. The second kappa shape index (κ2) is 12.6. The minimum Gasteiger partial charge on any atom is -0.465 e. The Labute approximate surface area is 163 Å². The van der Waals surface area contributed by atoms with E-state index < -0.39 is 0 Å². The van der Waals surface area contributed by atoms with Crippen LogP contribution in [0.3, 0.4) is 0 Å². The van der Waals surface area contributed by atoms with Crippen molar-refractivity contribution < 1.29 is 9.53 Å². The highest BCUT2D eigenvalue weighted by atomic mass is 32.2. The van der Waals surface area contributed by atoms with Crippen LogP contribution in [0.15, 0.2) is 64.1 Å². The first-order chi connectivity index (χ1) is 12.4. The van der Waals surface area contributed by atoms with Crippen LogP contribution in [0.1, 0.15) is 63.7 Å². The molecule has 0 saturated heterocycles. The quantitative estimate of drug-likeness (QED) is 0.252. The predicted octanol–water partition coefficient (Wildman–Crippen LogP) is 6.98. The smallest absolute Gasteiger partial charge is 0.338 e. The van der Waals surface area contributed by atoms with Crippen molar-refractivity contribution in [2.24, 2.45) is 0 Å². The number of ether oxygens (including phenoxy) is 1. The number of rotatable bonds is 10. The Hall–Kier alpha value is -1.74. The van der Waals surface area contributed by atoms with Gasteiger partial charge in [-0.2, -0.15) is 0 Å². The zero-order chi connectivity index (χ0) is 19.4. The molecule has 3 heteroatoms. The van der Waals surface area contributed by atoms with Crippen molar-refractivity contribution in [1.29, 1.82) is 0 Å². The zero-order valence-electron chi connectivity index (χ0n) is 16.8. The highest BCUT2D eigenvalue weighted by Gasteiger charge is 2.10. The van der Waals surface area contributed by atoms with E-state index in [1.165, 1.54) is 23.8 Å². The van der Waals surface area contributed by atoms with Gasteiger partial charge in [0.1, 0.15) is 0 Å². The van der Waals surface area contributed by atoms with Crippen LogP contribution in [-0.4, -0.2) is 18.8 Å². The van der Waals surface area contributed by atoms with Gasteiger partial charge in [0.05, 0.1) is 12.7 Å². The van der Waals surface area contributed by atoms with Crippen molar-refractivity contribution in [3.05, 3.63) is 64.8 Å². The molecule has 0 N–H and O–H groups in total. The van der Waals surface area contributed by atoms with Gasteiger partial charge in [-0.05, 0) is 65.5 Å². The van der Waals surface area contributed by atoms with Crippen LogP contribution in [-0.2, 0) is 4.74 Å². The van der Waals surface area contributed by atoms with E-state index in [-0.39, 0.29) is 5.97 Å². The lowest BCUT2D eigenvalue weighted by molar-refractivity contribution is 0.0597. The number of methoxy groups -OCH3 is 1. The van der Waals surface area contributed by atoms with Gasteiger partial charge in [0.15, 0.2) is 0 Å².